The summed E-state index contributed by atoms with van der Waals surface area (Å²) in [6.45, 7) is 7.03. The summed E-state index contributed by atoms with van der Waals surface area (Å²) in [6.07, 6.45) is 0.887. The Labute approximate surface area is 112 Å². The monoisotopic (exact) mass is 274 g/mol. The third-order valence-corrected chi connectivity index (χ3v) is 2.23. The summed E-state index contributed by atoms with van der Waals surface area (Å²) in [5, 5.41) is 9.12. The SMILES string of the molecule is CCCN(CCO)c1nc(Cl)nc(OC(C)C)n1. The molecule has 0 aliphatic heterocycles. The van der Waals surface area contributed by atoms with E-state index in [0.717, 1.165) is 13.0 Å². The molecule has 0 saturated heterocycles. The smallest absolute Gasteiger partial charge is 0.322 e. The van der Waals surface area contributed by atoms with Gasteiger partial charge in [0.2, 0.25) is 11.2 Å². The Morgan fingerprint density at radius 2 is 2.00 bits per heavy atom. The molecule has 0 bridgehead atoms. The maximum absolute atomic E-state index is 9.03. The Balaban J connectivity index is 2.94. The van der Waals surface area contributed by atoms with Crippen LogP contribution in [0.1, 0.15) is 27.2 Å². The zero-order chi connectivity index (χ0) is 13.5. The molecule has 1 heterocycles. The Hall–Kier alpha value is -1.14. The van der Waals surface area contributed by atoms with Gasteiger partial charge in [-0.15, -0.1) is 0 Å². The van der Waals surface area contributed by atoms with Crippen LogP contribution in [0, 0.1) is 0 Å². The summed E-state index contributed by atoms with van der Waals surface area (Å²) in [5.74, 6) is 0.432. The van der Waals surface area contributed by atoms with Gasteiger partial charge in [0.15, 0.2) is 0 Å². The van der Waals surface area contributed by atoms with Crippen molar-refractivity contribution in [3.8, 4) is 6.01 Å². The summed E-state index contributed by atoms with van der Waals surface area (Å²) in [5.41, 5.74) is 0. The Morgan fingerprint density at radius 3 is 2.56 bits per heavy atom. The summed E-state index contributed by atoms with van der Waals surface area (Å²) in [4.78, 5) is 14.0. The largest absolute Gasteiger partial charge is 0.461 e. The number of anilines is 1. The number of nitrogens with zero attached hydrogens (tertiary/aromatic N) is 4. The van der Waals surface area contributed by atoms with Crippen molar-refractivity contribution in [2.75, 3.05) is 24.6 Å². The number of ether oxygens (including phenoxy) is 1. The molecular weight excluding hydrogens is 256 g/mol. The van der Waals surface area contributed by atoms with Crippen molar-refractivity contribution < 1.29 is 9.84 Å². The molecule has 0 spiro atoms. The van der Waals surface area contributed by atoms with E-state index in [1.807, 2.05) is 25.7 Å². The van der Waals surface area contributed by atoms with E-state index in [1.54, 1.807) is 0 Å². The summed E-state index contributed by atoms with van der Waals surface area (Å²) in [6, 6.07) is 0.207. The van der Waals surface area contributed by atoms with Gasteiger partial charge in [-0.25, -0.2) is 0 Å². The first-order chi connectivity index (χ1) is 8.56. The topological polar surface area (TPSA) is 71.4 Å². The summed E-state index contributed by atoms with van der Waals surface area (Å²) >= 11 is 5.85. The number of halogens is 1. The fourth-order valence-electron chi connectivity index (χ4n) is 1.43. The van der Waals surface area contributed by atoms with Gasteiger partial charge in [-0.05, 0) is 31.9 Å². The highest BCUT2D eigenvalue weighted by Gasteiger charge is 2.13. The second-order valence-corrected chi connectivity index (χ2v) is 4.40. The molecule has 1 aromatic heterocycles. The van der Waals surface area contributed by atoms with Crippen molar-refractivity contribution in [2.45, 2.75) is 33.3 Å². The van der Waals surface area contributed by atoms with Crippen LogP contribution in [0.2, 0.25) is 5.28 Å². The quantitative estimate of drug-likeness (QED) is 0.813. The van der Waals surface area contributed by atoms with Crippen LogP contribution in [-0.4, -0.2) is 45.9 Å². The predicted molar refractivity (Wildman–Crippen MR) is 70.2 cm³/mol. The Kier molecular flexibility index (Phi) is 6.07. The van der Waals surface area contributed by atoms with Crippen molar-refractivity contribution in [2.24, 2.45) is 0 Å². The lowest BCUT2D eigenvalue weighted by molar-refractivity contribution is 0.221. The number of rotatable bonds is 7. The molecule has 0 aliphatic rings. The number of aromatic nitrogens is 3. The molecule has 0 fully saturated rings. The molecule has 0 saturated carbocycles. The van der Waals surface area contributed by atoms with E-state index in [9.17, 15) is 0 Å². The molecule has 0 aromatic carbocycles. The minimum absolute atomic E-state index is 0.0314. The van der Waals surface area contributed by atoms with Gasteiger partial charge in [0.25, 0.3) is 0 Å². The molecule has 0 unspecified atom stereocenters. The molecule has 18 heavy (non-hydrogen) atoms. The maximum Gasteiger partial charge on any atom is 0.322 e. The van der Waals surface area contributed by atoms with E-state index in [1.165, 1.54) is 0 Å². The Morgan fingerprint density at radius 1 is 1.28 bits per heavy atom. The van der Waals surface area contributed by atoms with Gasteiger partial charge >= 0.3 is 6.01 Å². The lowest BCUT2D eigenvalue weighted by Crippen LogP contribution is -2.29. The average Bonchev–Trinajstić information content (AvgIpc) is 2.27. The maximum atomic E-state index is 9.03. The van der Waals surface area contributed by atoms with Gasteiger partial charge in [-0.3, -0.25) is 0 Å². The molecule has 0 atom stereocenters. The zero-order valence-electron chi connectivity index (χ0n) is 10.9. The van der Waals surface area contributed by atoms with Crippen LogP contribution in [0.3, 0.4) is 0 Å². The number of aliphatic hydroxyl groups excluding tert-OH is 1. The highest BCUT2D eigenvalue weighted by atomic mass is 35.5. The molecule has 6 nitrogen and oxygen atoms in total. The highest BCUT2D eigenvalue weighted by molar-refractivity contribution is 6.28. The van der Waals surface area contributed by atoms with Crippen molar-refractivity contribution in [1.29, 1.82) is 0 Å². The van der Waals surface area contributed by atoms with E-state index >= 15 is 0 Å². The van der Waals surface area contributed by atoms with Gasteiger partial charge in [0.1, 0.15) is 0 Å². The fraction of sp³-hybridized carbons (Fsp3) is 0.727. The second-order valence-electron chi connectivity index (χ2n) is 4.06. The average molecular weight is 275 g/mol. The van der Waals surface area contributed by atoms with Crippen LogP contribution in [0.25, 0.3) is 0 Å². The molecule has 1 aromatic rings. The van der Waals surface area contributed by atoms with Crippen molar-refractivity contribution >= 4 is 17.5 Å². The van der Waals surface area contributed by atoms with E-state index in [-0.39, 0.29) is 24.0 Å². The summed E-state index contributed by atoms with van der Waals surface area (Å²) in [7, 11) is 0. The number of hydrogen-bond acceptors (Lipinski definition) is 6. The van der Waals surface area contributed by atoms with Gasteiger partial charge in [-0.2, -0.15) is 15.0 Å². The molecule has 0 amide bonds. The third kappa shape index (κ3) is 4.62. The van der Waals surface area contributed by atoms with Crippen molar-refractivity contribution in [3.05, 3.63) is 5.28 Å². The number of hydrogen-bond donors (Lipinski definition) is 1. The lowest BCUT2D eigenvalue weighted by Gasteiger charge is -2.21. The van der Waals surface area contributed by atoms with Crippen LogP contribution in [0.5, 0.6) is 6.01 Å². The third-order valence-electron chi connectivity index (χ3n) is 2.06. The van der Waals surface area contributed by atoms with Crippen LogP contribution in [0.15, 0.2) is 0 Å². The number of aliphatic hydroxyl groups is 1. The minimum Gasteiger partial charge on any atom is -0.461 e. The van der Waals surface area contributed by atoms with E-state index in [2.05, 4.69) is 15.0 Å². The minimum atomic E-state index is -0.0335. The fourth-order valence-corrected chi connectivity index (χ4v) is 1.58. The zero-order valence-corrected chi connectivity index (χ0v) is 11.7. The van der Waals surface area contributed by atoms with E-state index < -0.39 is 0 Å². The van der Waals surface area contributed by atoms with Crippen molar-refractivity contribution in [3.63, 3.8) is 0 Å². The van der Waals surface area contributed by atoms with Crippen LogP contribution >= 0.6 is 11.6 Å². The Bertz CT molecular complexity index is 370. The van der Waals surface area contributed by atoms with Gasteiger partial charge < -0.3 is 14.7 Å². The first-order valence-corrected chi connectivity index (χ1v) is 6.38. The highest BCUT2D eigenvalue weighted by Crippen LogP contribution is 2.16. The normalized spacial score (nSPS) is 10.8. The van der Waals surface area contributed by atoms with Crippen LogP contribution in [0.4, 0.5) is 5.95 Å². The first-order valence-electron chi connectivity index (χ1n) is 6.00. The van der Waals surface area contributed by atoms with Gasteiger partial charge in [-0.1, -0.05) is 6.92 Å². The molecule has 7 heteroatoms. The molecule has 102 valence electrons. The van der Waals surface area contributed by atoms with Gasteiger partial charge in [0.05, 0.1) is 12.7 Å². The second kappa shape index (κ2) is 7.33. The molecule has 0 radical (unpaired) electrons. The molecule has 0 aliphatic carbocycles. The molecular formula is C11H19ClN4O2. The molecule has 1 rings (SSSR count). The summed E-state index contributed by atoms with van der Waals surface area (Å²) < 4.78 is 5.41. The van der Waals surface area contributed by atoms with Gasteiger partial charge in [0, 0.05) is 13.1 Å². The van der Waals surface area contributed by atoms with E-state index in [0.29, 0.717) is 12.5 Å². The molecule has 1 N–H and O–H groups in total. The van der Waals surface area contributed by atoms with Crippen molar-refractivity contribution in [1.82, 2.24) is 15.0 Å². The first kappa shape index (κ1) is 14.9. The van der Waals surface area contributed by atoms with Crippen LogP contribution < -0.4 is 9.64 Å². The predicted octanol–water partition coefficient (Wildman–Crippen LogP) is 1.52. The van der Waals surface area contributed by atoms with Crippen LogP contribution in [-0.2, 0) is 0 Å². The standard InChI is InChI=1S/C11H19ClN4O2/c1-4-5-16(6-7-17)10-13-9(12)14-11(15-10)18-8(2)3/h8,17H,4-7H2,1-3H3. The lowest BCUT2D eigenvalue weighted by atomic mass is 10.4. The van der Waals surface area contributed by atoms with E-state index in [4.69, 9.17) is 21.4 Å².